The van der Waals surface area contributed by atoms with Gasteiger partial charge < -0.3 is 9.47 Å². The van der Waals surface area contributed by atoms with Gasteiger partial charge in [0.1, 0.15) is 18.6 Å². The van der Waals surface area contributed by atoms with Crippen molar-refractivity contribution in [3.8, 4) is 0 Å². The lowest BCUT2D eigenvalue weighted by atomic mass is 9.93. The Morgan fingerprint density at radius 1 is 1.14 bits per heavy atom. The minimum Gasteiger partial charge on any atom is -0.478 e. The number of ether oxygens (including phenoxy) is 2. The van der Waals surface area contributed by atoms with Gasteiger partial charge in [0.2, 0.25) is 0 Å². The summed E-state index contributed by atoms with van der Waals surface area (Å²) in [6.07, 6.45) is 1.25. The first-order valence-corrected chi connectivity index (χ1v) is 8.32. The zero-order chi connectivity index (χ0) is 16.5. The van der Waals surface area contributed by atoms with E-state index in [9.17, 15) is 0 Å². The molecule has 0 saturated carbocycles. The molecule has 1 unspecified atom stereocenters. The lowest BCUT2D eigenvalue weighted by molar-refractivity contribution is 0.259. The number of nitrogens with zero attached hydrogens (tertiary/aromatic N) is 2. The molecule has 0 fully saturated rings. The van der Waals surface area contributed by atoms with Crippen LogP contribution in [0.5, 0.6) is 0 Å². The molecule has 0 radical (unpaired) electrons. The van der Waals surface area contributed by atoms with E-state index >= 15 is 0 Å². The summed E-state index contributed by atoms with van der Waals surface area (Å²) in [5, 5.41) is 0. The maximum atomic E-state index is 5.69. The highest BCUT2D eigenvalue weighted by Crippen LogP contribution is 2.28. The van der Waals surface area contributed by atoms with Crippen molar-refractivity contribution < 1.29 is 9.47 Å². The summed E-state index contributed by atoms with van der Waals surface area (Å²) in [6, 6.07) is 0.274. The van der Waals surface area contributed by atoms with Gasteiger partial charge in [-0.15, -0.1) is 0 Å². The third-order valence-corrected chi connectivity index (χ3v) is 3.10. The predicted octanol–water partition coefficient (Wildman–Crippen LogP) is 4.34. The van der Waals surface area contributed by atoms with Gasteiger partial charge in [-0.1, -0.05) is 48.0 Å². The van der Waals surface area contributed by atoms with Crippen molar-refractivity contribution in [3.05, 3.63) is 0 Å². The minimum atomic E-state index is -0.319. The summed E-state index contributed by atoms with van der Waals surface area (Å²) >= 11 is 0. The predicted molar refractivity (Wildman–Crippen MR) is 91.4 cm³/mol. The van der Waals surface area contributed by atoms with Gasteiger partial charge in [-0.05, 0) is 19.8 Å². The lowest BCUT2D eigenvalue weighted by Crippen LogP contribution is -2.34. The van der Waals surface area contributed by atoms with Crippen LogP contribution in [0.3, 0.4) is 0 Å². The molecule has 2 rings (SSSR count). The molecule has 0 aromatic rings. The Balaban J connectivity index is 0.000000713. The van der Waals surface area contributed by atoms with Crippen molar-refractivity contribution in [1.82, 2.24) is 0 Å². The van der Waals surface area contributed by atoms with Gasteiger partial charge in [0.05, 0.1) is 12.6 Å². The highest BCUT2D eigenvalue weighted by molar-refractivity contribution is 6.05. The molecule has 0 N–H and O–H groups in total. The molecule has 0 aromatic heterocycles. The standard InChI is InChI=1S/C12H20N2O2.C3H8.C2H6/c1-8(2)9-7-16-11(14-9)12(3,4)10-13-5-6-15-10;1-3-2;1-2/h8-9H,5-7H2,1-4H3;3H2,1-2H3;1-2H3. The number of aliphatic imine (C=N–C) groups is 2. The average molecular weight is 298 g/mol. The Morgan fingerprint density at radius 3 is 2.10 bits per heavy atom. The normalized spacial score (nSPS) is 20.3. The van der Waals surface area contributed by atoms with Crippen molar-refractivity contribution in [3.63, 3.8) is 0 Å². The van der Waals surface area contributed by atoms with E-state index in [1.54, 1.807) is 0 Å². The minimum absolute atomic E-state index is 0.274. The molecule has 2 aliphatic rings. The van der Waals surface area contributed by atoms with Crippen LogP contribution < -0.4 is 0 Å². The first-order valence-electron chi connectivity index (χ1n) is 8.32. The summed E-state index contributed by atoms with van der Waals surface area (Å²) in [5.41, 5.74) is -0.319. The zero-order valence-electron chi connectivity index (χ0n) is 15.2. The van der Waals surface area contributed by atoms with E-state index in [1.165, 1.54) is 6.42 Å². The Labute approximate surface area is 131 Å². The summed E-state index contributed by atoms with van der Waals surface area (Å²) in [7, 11) is 0. The average Bonchev–Trinajstić information content (AvgIpc) is 3.14. The molecule has 0 spiro atoms. The van der Waals surface area contributed by atoms with E-state index in [0.29, 0.717) is 19.1 Å². The molecule has 2 heterocycles. The number of rotatable bonds is 3. The third kappa shape index (κ3) is 5.68. The smallest absolute Gasteiger partial charge is 0.199 e. The Morgan fingerprint density at radius 2 is 1.71 bits per heavy atom. The van der Waals surface area contributed by atoms with Gasteiger partial charge in [-0.2, -0.15) is 0 Å². The molecule has 0 saturated heterocycles. The van der Waals surface area contributed by atoms with E-state index in [-0.39, 0.29) is 11.5 Å². The summed E-state index contributed by atoms with van der Waals surface area (Å²) in [4.78, 5) is 8.99. The first-order chi connectivity index (χ1) is 9.93. The Hall–Kier alpha value is -1.06. The van der Waals surface area contributed by atoms with Crippen LogP contribution in [0.15, 0.2) is 9.98 Å². The van der Waals surface area contributed by atoms with E-state index < -0.39 is 0 Å². The van der Waals surface area contributed by atoms with E-state index in [1.807, 2.05) is 13.8 Å². The molecule has 0 amide bonds. The molecule has 1 atom stereocenters. The maximum Gasteiger partial charge on any atom is 0.199 e. The monoisotopic (exact) mass is 298 g/mol. The lowest BCUT2D eigenvalue weighted by Gasteiger charge is -2.22. The second-order valence-corrected chi connectivity index (χ2v) is 5.92. The molecule has 4 nitrogen and oxygen atoms in total. The summed E-state index contributed by atoms with van der Waals surface area (Å²) in [5.74, 6) is 2.04. The van der Waals surface area contributed by atoms with Crippen LogP contribution in [-0.4, -0.2) is 37.6 Å². The van der Waals surface area contributed by atoms with Gasteiger partial charge in [0.25, 0.3) is 0 Å². The maximum absolute atomic E-state index is 5.69. The highest BCUT2D eigenvalue weighted by atomic mass is 16.5. The van der Waals surface area contributed by atoms with Crippen LogP contribution in [0.4, 0.5) is 0 Å². The van der Waals surface area contributed by atoms with Crippen molar-refractivity contribution in [2.75, 3.05) is 19.8 Å². The fourth-order valence-corrected chi connectivity index (χ4v) is 1.88. The van der Waals surface area contributed by atoms with Gasteiger partial charge in [-0.25, -0.2) is 4.99 Å². The Kier molecular flexibility index (Phi) is 9.31. The van der Waals surface area contributed by atoms with Crippen LogP contribution in [0.25, 0.3) is 0 Å². The molecule has 0 aromatic carbocycles. The second kappa shape index (κ2) is 9.80. The van der Waals surface area contributed by atoms with Crippen LogP contribution in [0.2, 0.25) is 0 Å². The topological polar surface area (TPSA) is 43.2 Å². The third-order valence-electron chi connectivity index (χ3n) is 3.10. The molecule has 4 heteroatoms. The zero-order valence-corrected chi connectivity index (χ0v) is 15.2. The fraction of sp³-hybridized carbons (Fsp3) is 0.882. The van der Waals surface area contributed by atoms with Crippen molar-refractivity contribution in [2.45, 2.75) is 67.9 Å². The highest BCUT2D eigenvalue weighted by Gasteiger charge is 2.40. The van der Waals surface area contributed by atoms with E-state index in [0.717, 1.165) is 18.3 Å². The van der Waals surface area contributed by atoms with Crippen LogP contribution in [0, 0.1) is 11.3 Å². The summed E-state index contributed by atoms with van der Waals surface area (Å²) < 4.78 is 11.2. The largest absolute Gasteiger partial charge is 0.478 e. The van der Waals surface area contributed by atoms with Crippen molar-refractivity contribution in [1.29, 1.82) is 0 Å². The number of hydrogen-bond acceptors (Lipinski definition) is 4. The fourth-order valence-electron chi connectivity index (χ4n) is 1.88. The molecular formula is C17H34N2O2. The Bertz CT molecular complexity index is 347. The van der Waals surface area contributed by atoms with Gasteiger partial charge in [-0.3, -0.25) is 4.99 Å². The molecule has 0 bridgehead atoms. The first kappa shape index (κ1) is 19.9. The SMILES string of the molecule is CC.CC(C)C1COC(C(C)(C)C2=NCCO2)=N1.CCC. The van der Waals surface area contributed by atoms with E-state index in [4.69, 9.17) is 9.47 Å². The molecular weight excluding hydrogens is 264 g/mol. The quantitative estimate of drug-likeness (QED) is 0.778. The van der Waals surface area contributed by atoms with Gasteiger partial charge in [0, 0.05) is 0 Å². The van der Waals surface area contributed by atoms with Crippen molar-refractivity contribution in [2.24, 2.45) is 21.3 Å². The molecule has 2 aliphatic heterocycles. The second-order valence-electron chi connectivity index (χ2n) is 5.92. The van der Waals surface area contributed by atoms with Gasteiger partial charge in [0.15, 0.2) is 11.8 Å². The van der Waals surface area contributed by atoms with Crippen LogP contribution >= 0.6 is 0 Å². The van der Waals surface area contributed by atoms with Crippen LogP contribution in [-0.2, 0) is 9.47 Å². The summed E-state index contributed by atoms with van der Waals surface area (Å²) in [6.45, 7) is 18.8. The molecule has 21 heavy (non-hydrogen) atoms. The van der Waals surface area contributed by atoms with Gasteiger partial charge >= 0.3 is 0 Å². The van der Waals surface area contributed by atoms with E-state index in [2.05, 4.69) is 51.5 Å². The molecule has 124 valence electrons. The number of hydrogen-bond donors (Lipinski definition) is 0. The van der Waals surface area contributed by atoms with Crippen LogP contribution in [0.1, 0.15) is 61.8 Å². The van der Waals surface area contributed by atoms with Crippen molar-refractivity contribution >= 4 is 11.8 Å². The molecule has 0 aliphatic carbocycles.